The molecule has 0 aliphatic heterocycles. The first-order valence-electron chi connectivity index (χ1n) is 39.6. The number of aliphatic hydroxyl groups is 2. The van der Waals surface area contributed by atoms with Gasteiger partial charge in [-0.05, 0) is 107 Å². The topological polar surface area (TPSA) is 557 Å². The van der Waals surface area contributed by atoms with Gasteiger partial charge < -0.3 is 87.0 Å². The predicted octanol–water partition coefficient (Wildman–Crippen LogP) is 4.40. The van der Waals surface area contributed by atoms with Crippen LogP contribution in [-0.2, 0) is 72.0 Å². The Morgan fingerprint density at radius 1 is 0.459 bits per heavy atom. The lowest BCUT2D eigenvalue weighted by molar-refractivity contribution is -0.137. The Bertz CT molecular complexity index is 3410. The summed E-state index contributed by atoms with van der Waals surface area (Å²) >= 11 is 0. The Kier molecular flexibility index (Phi) is 46.5. The van der Waals surface area contributed by atoms with E-state index in [-0.39, 0.29) is 138 Å². The number of rotatable bonds is 62. The number of imidazole rings is 1. The molecule has 23 N–H and O–H groups in total. The van der Waals surface area contributed by atoms with Gasteiger partial charge in [-0.1, -0.05) is 140 Å². The van der Waals surface area contributed by atoms with E-state index in [1.165, 1.54) is 82.9 Å². The average molecular weight is 1550 g/mol. The number of nitrogens with one attached hydrogen (secondary N) is 6. The molecule has 11 atom stereocenters. The summed E-state index contributed by atoms with van der Waals surface area (Å²) in [6.45, 7) is 7.85. The van der Waals surface area contributed by atoms with Gasteiger partial charge >= 0.3 is 0 Å². The summed E-state index contributed by atoms with van der Waals surface area (Å²) in [4.78, 5) is 175. The third kappa shape index (κ3) is 41.3. The van der Waals surface area contributed by atoms with Crippen LogP contribution in [0.1, 0.15) is 225 Å². The molecule has 0 radical (unpaired) electrons. The molecule has 31 nitrogen and oxygen atoms in total. The maximum Gasteiger partial charge on any atom is 0.226 e. The van der Waals surface area contributed by atoms with E-state index < -0.39 is 157 Å². The van der Waals surface area contributed by atoms with E-state index >= 15 is 14.4 Å². The number of aromatic nitrogens is 2. The van der Waals surface area contributed by atoms with Gasteiger partial charge in [0, 0.05) is 113 Å². The van der Waals surface area contributed by atoms with Crippen molar-refractivity contribution in [2.24, 2.45) is 90.6 Å². The SMILES string of the molecule is CCCCCCCCCCCCCCCC(=O)C[C@@H](Cc1ccc(O)cc1)C(=O)NC(Cc1ccccc1)C(=O)C[C@@H](CCCN=C(N)N)C(=O)N[C@@H](CCCN=C(N)N)C(=O)C[C@@H](CC(C)C)C(=O)N[C@@H](Cc1cnc[nH]1)C(=O)C[C@@H](CO)C(=O)N[C@H](C(=O)C[C@@H](CCCN=C(N)N)C(=O)N[C@H](C)CC(N)=O)[C@@H](C)O. The van der Waals surface area contributed by atoms with E-state index in [4.69, 9.17) is 40.1 Å². The quantitative estimate of drug-likeness (QED) is 0.0211. The molecule has 3 rings (SSSR count). The first-order chi connectivity index (χ1) is 52.9. The zero-order chi connectivity index (χ0) is 82.2. The van der Waals surface area contributed by atoms with Crippen LogP contribution in [0.3, 0.4) is 0 Å². The summed E-state index contributed by atoms with van der Waals surface area (Å²) in [5, 5.41) is 45.4. The average Bonchev–Trinajstić information content (AvgIpc) is 1.50. The van der Waals surface area contributed by atoms with Gasteiger partial charge in [-0.2, -0.15) is 0 Å². The van der Waals surface area contributed by atoms with E-state index in [2.05, 4.69) is 58.5 Å². The van der Waals surface area contributed by atoms with Gasteiger partial charge in [-0.25, -0.2) is 4.98 Å². The smallest absolute Gasteiger partial charge is 0.226 e. The van der Waals surface area contributed by atoms with Crippen molar-refractivity contribution in [2.45, 2.75) is 264 Å². The third-order valence-corrected chi connectivity index (χ3v) is 19.4. The highest BCUT2D eigenvalue weighted by Crippen LogP contribution is 2.25. The van der Waals surface area contributed by atoms with Crippen LogP contribution in [0.25, 0.3) is 0 Å². The molecule has 618 valence electrons. The summed E-state index contributed by atoms with van der Waals surface area (Å²) in [5.74, 6) is -13.9. The number of phenols is 1. The molecule has 31 heteroatoms. The number of H-pyrrole nitrogens is 1. The van der Waals surface area contributed by atoms with Gasteiger partial charge in [0.2, 0.25) is 35.4 Å². The largest absolute Gasteiger partial charge is 0.508 e. The monoisotopic (exact) mass is 1550 g/mol. The maximum absolute atomic E-state index is 15.1. The number of Topliss-reactive ketones (excluding diaryl/α,β-unsaturated/α-hetero) is 5. The minimum absolute atomic E-state index is 0.00898. The molecular formula is C80H129N17O14. The zero-order valence-corrected chi connectivity index (χ0v) is 66.0. The minimum Gasteiger partial charge on any atom is -0.508 e. The second-order valence-electron chi connectivity index (χ2n) is 29.9. The Balaban J connectivity index is 1.96. The molecule has 0 saturated carbocycles. The lowest BCUT2D eigenvalue weighted by Crippen LogP contribution is -2.52. The normalized spacial score (nSPS) is 14.2. The number of aliphatic imine (C=N–C) groups is 3. The van der Waals surface area contributed by atoms with Crippen LogP contribution in [-0.4, -0.2) is 170 Å². The van der Waals surface area contributed by atoms with Crippen molar-refractivity contribution in [1.29, 1.82) is 0 Å². The van der Waals surface area contributed by atoms with Gasteiger partial charge in [-0.3, -0.25) is 67.7 Å². The van der Waals surface area contributed by atoms with Crippen LogP contribution in [0, 0.1) is 35.5 Å². The summed E-state index contributed by atoms with van der Waals surface area (Å²) in [6, 6.07) is 8.98. The number of nitrogens with two attached hydrogens (primary N) is 7. The number of hydrogen-bond donors (Lipinski definition) is 16. The van der Waals surface area contributed by atoms with E-state index in [0.29, 0.717) is 23.2 Å². The van der Waals surface area contributed by atoms with Crippen LogP contribution in [0.4, 0.5) is 0 Å². The molecule has 0 aliphatic rings. The van der Waals surface area contributed by atoms with Gasteiger partial charge in [0.15, 0.2) is 41.0 Å². The highest BCUT2D eigenvalue weighted by atomic mass is 16.3. The number of carbonyl (C=O) groups excluding carboxylic acids is 11. The number of nitrogens with zero attached hydrogens (tertiary/aromatic N) is 4. The third-order valence-electron chi connectivity index (χ3n) is 19.4. The van der Waals surface area contributed by atoms with Crippen molar-refractivity contribution in [3.8, 4) is 5.75 Å². The molecule has 2 aromatic carbocycles. The number of amides is 6. The number of hydrogen-bond acceptors (Lipinski definition) is 18. The number of phenolic OH excluding ortho intramolecular Hbond substituents is 1. The van der Waals surface area contributed by atoms with Crippen molar-refractivity contribution >= 4 is 82.2 Å². The summed E-state index contributed by atoms with van der Waals surface area (Å²) in [6.07, 6.45) is 14.4. The Labute approximate surface area is 654 Å². The number of aromatic hydroxyl groups is 1. The molecule has 0 bridgehead atoms. The Morgan fingerprint density at radius 2 is 0.901 bits per heavy atom. The zero-order valence-electron chi connectivity index (χ0n) is 66.0. The lowest BCUT2D eigenvalue weighted by Gasteiger charge is -2.27. The molecule has 3 aromatic rings. The van der Waals surface area contributed by atoms with E-state index in [0.717, 1.165) is 25.7 Å². The van der Waals surface area contributed by atoms with Crippen molar-refractivity contribution in [3.05, 3.63) is 83.9 Å². The van der Waals surface area contributed by atoms with Gasteiger partial charge in [0.25, 0.3) is 0 Å². The second kappa shape index (κ2) is 54.1. The van der Waals surface area contributed by atoms with Gasteiger partial charge in [-0.15, -0.1) is 0 Å². The van der Waals surface area contributed by atoms with E-state index in [1.54, 1.807) is 49.4 Å². The summed E-state index contributed by atoms with van der Waals surface area (Å²) in [7, 11) is 0. The number of carbonyl (C=O) groups is 11. The lowest BCUT2D eigenvalue weighted by atomic mass is 9.87. The van der Waals surface area contributed by atoms with Crippen LogP contribution < -0.4 is 66.7 Å². The van der Waals surface area contributed by atoms with Crippen LogP contribution in [0.2, 0.25) is 0 Å². The molecule has 0 aliphatic carbocycles. The number of unbranched alkanes of at least 4 members (excludes halogenated alkanes) is 12. The molecule has 6 amide bonds. The molecule has 0 fully saturated rings. The fourth-order valence-electron chi connectivity index (χ4n) is 13.3. The fourth-order valence-corrected chi connectivity index (χ4v) is 13.3. The van der Waals surface area contributed by atoms with Crippen molar-refractivity contribution < 1.29 is 68.1 Å². The number of ketones is 5. The standard InChI is InChI=1S/C80H129N17O14/c1-6-7-8-9-10-11-12-13-14-15-16-17-21-29-63(101)42-59(40-55-31-33-62(100)34-32-55)76(110)95-65(41-54-25-19-18-20-26-54)68(103)43-56(27-22-35-89-78(82)83)74(108)94-64(30-24-37-91-80(86)87)67(102)45-58(38-51(2)3)75(109)96-66(47-61-48-88-50-92-61)69(104)46-60(49-98)77(111)97-72(53(5)99)70(105)44-57(28-23-36-90-79(84)85)73(107)93-52(4)39-71(81)106/h18-20,25-26,31-34,48,50-53,56-60,64-66,72,98-100H,6-17,21-24,27-30,35-47,49H2,1-5H3,(H2,81,106)(H,88,92)(H,93,107)(H,94,108)(H,95,110)(H,96,109)(H,97,111)(H4,82,83,89)(H4,84,85,90)(H4,86,87,91)/t52-,53-,56-,57-,58-,59-,60+,64+,65?,66+,72+/m1/s1. The molecule has 1 aromatic heterocycles. The molecule has 1 unspecified atom stereocenters. The number of guanidine groups is 3. The van der Waals surface area contributed by atoms with Crippen molar-refractivity contribution in [2.75, 3.05) is 26.2 Å². The molecular weight excluding hydrogens is 1420 g/mol. The highest BCUT2D eigenvalue weighted by molar-refractivity contribution is 5.99. The van der Waals surface area contributed by atoms with E-state index in [1.807, 2.05) is 13.8 Å². The summed E-state index contributed by atoms with van der Waals surface area (Å²) < 4.78 is 0. The highest BCUT2D eigenvalue weighted by Gasteiger charge is 2.38. The molecule has 1 heterocycles. The number of aromatic amines is 1. The number of aliphatic hydroxyl groups excluding tert-OH is 2. The number of benzene rings is 2. The van der Waals surface area contributed by atoms with Gasteiger partial charge in [0.1, 0.15) is 17.6 Å². The van der Waals surface area contributed by atoms with Gasteiger partial charge in [0.05, 0.1) is 43.1 Å². The fraction of sp³-hybridized carbons (Fsp3) is 0.637. The van der Waals surface area contributed by atoms with Crippen LogP contribution >= 0.6 is 0 Å². The minimum atomic E-state index is -1.65. The summed E-state index contributed by atoms with van der Waals surface area (Å²) in [5.41, 5.74) is 40.8. The molecule has 111 heavy (non-hydrogen) atoms. The first-order valence-corrected chi connectivity index (χ1v) is 39.6. The Morgan fingerprint density at radius 3 is 1.40 bits per heavy atom. The Hall–Kier alpha value is -9.65. The van der Waals surface area contributed by atoms with Crippen LogP contribution in [0.15, 0.2) is 82.1 Å². The molecule has 0 saturated heterocycles. The van der Waals surface area contributed by atoms with Crippen molar-refractivity contribution in [3.63, 3.8) is 0 Å². The van der Waals surface area contributed by atoms with Crippen LogP contribution in [0.5, 0.6) is 5.75 Å². The first kappa shape index (κ1) is 95.6. The predicted molar refractivity (Wildman–Crippen MR) is 427 cm³/mol. The van der Waals surface area contributed by atoms with Crippen molar-refractivity contribution in [1.82, 2.24) is 36.6 Å². The number of primary amides is 1. The second-order valence-corrected chi connectivity index (χ2v) is 29.9. The van der Waals surface area contributed by atoms with E-state index in [9.17, 15) is 53.7 Å². The maximum atomic E-state index is 15.1. The molecule has 0 spiro atoms.